The van der Waals surface area contributed by atoms with E-state index in [1.807, 2.05) is 0 Å². The summed E-state index contributed by atoms with van der Waals surface area (Å²) in [6, 6.07) is 4.59. The minimum atomic E-state index is -1.20. The van der Waals surface area contributed by atoms with E-state index in [0.29, 0.717) is 0 Å². The molecule has 2 N–H and O–H groups in total. The molecule has 10 heteroatoms. The predicted octanol–water partition coefficient (Wildman–Crippen LogP) is 0.127. The van der Waals surface area contributed by atoms with Crippen LogP contribution in [0.15, 0.2) is 24.3 Å². The molecule has 1 amide bonds. The fourth-order valence-corrected chi connectivity index (χ4v) is 2.45. The molecule has 1 heterocycles. The summed E-state index contributed by atoms with van der Waals surface area (Å²) in [5.41, 5.74) is -0.289. The molecular formula is C15H18N2O8. The zero-order valence-electron chi connectivity index (χ0n) is 13.6. The first-order valence-corrected chi connectivity index (χ1v) is 7.43. The molecule has 1 saturated heterocycles. The number of rotatable bonds is 5. The van der Waals surface area contributed by atoms with Crippen molar-refractivity contribution in [3.8, 4) is 5.75 Å². The molecule has 4 unspecified atom stereocenters. The number of hydrogen-bond donors (Lipinski definition) is 2. The molecule has 0 saturated carbocycles. The molecule has 1 aliphatic heterocycles. The molecule has 0 spiro atoms. The first kappa shape index (κ1) is 18.6. The van der Waals surface area contributed by atoms with Crippen molar-refractivity contribution in [2.24, 2.45) is 0 Å². The van der Waals surface area contributed by atoms with E-state index in [9.17, 15) is 24.8 Å². The summed E-state index contributed by atoms with van der Waals surface area (Å²) in [6.07, 6.45) is -3.51. The molecule has 10 nitrogen and oxygen atoms in total. The smallest absolute Gasteiger partial charge is 0.311 e. The number of amides is 1. The molecule has 0 radical (unpaired) electrons. The Balaban J connectivity index is 2.29. The van der Waals surface area contributed by atoms with Crippen LogP contribution in [0.1, 0.15) is 13.8 Å². The van der Waals surface area contributed by atoms with Crippen LogP contribution < -0.4 is 10.1 Å². The quantitative estimate of drug-likeness (QED) is 0.432. The molecule has 1 aromatic rings. The Morgan fingerprint density at radius 3 is 2.64 bits per heavy atom. The fourth-order valence-electron chi connectivity index (χ4n) is 2.45. The standard InChI is InChI=1S/C15H18N2O8/c1-8(18)16-13-14(24-9(2)19)11(20)7-23-15(13)25-12-6-4-3-5-10(12)17(21)22/h3-6,11,13-15,20H,7H2,1-2H3,(H,16,18). The summed E-state index contributed by atoms with van der Waals surface area (Å²) in [7, 11) is 0. The Labute approximate surface area is 142 Å². The van der Waals surface area contributed by atoms with Crippen LogP contribution in [0.3, 0.4) is 0 Å². The fraction of sp³-hybridized carbons (Fsp3) is 0.467. The summed E-state index contributed by atoms with van der Waals surface area (Å²) >= 11 is 0. The van der Waals surface area contributed by atoms with Crippen molar-refractivity contribution in [1.29, 1.82) is 0 Å². The van der Waals surface area contributed by atoms with E-state index in [2.05, 4.69) is 5.32 Å². The highest BCUT2D eigenvalue weighted by molar-refractivity contribution is 5.73. The van der Waals surface area contributed by atoms with Gasteiger partial charge in [-0.05, 0) is 6.07 Å². The van der Waals surface area contributed by atoms with Gasteiger partial charge in [-0.1, -0.05) is 12.1 Å². The van der Waals surface area contributed by atoms with Gasteiger partial charge in [0, 0.05) is 19.9 Å². The molecule has 0 aliphatic carbocycles. The molecule has 2 rings (SSSR count). The summed E-state index contributed by atoms with van der Waals surface area (Å²) < 4.78 is 16.0. The molecule has 4 atom stereocenters. The first-order valence-electron chi connectivity index (χ1n) is 7.43. The lowest BCUT2D eigenvalue weighted by molar-refractivity contribution is -0.386. The molecular weight excluding hydrogens is 336 g/mol. The number of nitro groups is 1. The maximum Gasteiger partial charge on any atom is 0.311 e. The Morgan fingerprint density at radius 2 is 2.04 bits per heavy atom. The predicted molar refractivity (Wildman–Crippen MR) is 82.6 cm³/mol. The third-order valence-corrected chi connectivity index (χ3v) is 3.43. The van der Waals surface area contributed by atoms with E-state index in [-0.39, 0.29) is 18.0 Å². The maximum atomic E-state index is 11.5. The highest BCUT2D eigenvalue weighted by atomic mass is 16.7. The van der Waals surface area contributed by atoms with Crippen molar-refractivity contribution in [3.63, 3.8) is 0 Å². The van der Waals surface area contributed by atoms with E-state index in [1.165, 1.54) is 31.2 Å². The topological polar surface area (TPSA) is 137 Å². The summed E-state index contributed by atoms with van der Waals surface area (Å²) in [6.45, 7) is 2.15. The van der Waals surface area contributed by atoms with Crippen molar-refractivity contribution >= 4 is 17.6 Å². The van der Waals surface area contributed by atoms with Crippen molar-refractivity contribution < 1.29 is 33.8 Å². The van der Waals surface area contributed by atoms with Crippen molar-refractivity contribution in [2.75, 3.05) is 6.61 Å². The minimum absolute atomic E-state index is 0.0779. The average Bonchev–Trinajstić information content (AvgIpc) is 2.53. The number of hydrogen-bond acceptors (Lipinski definition) is 8. The van der Waals surface area contributed by atoms with Crippen LogP contribution in [0.5, 0.6) is 5.75 Å². The highest BCUT2D eigenvalue weighted by Crippen LogP contribution is 2.29. The summed E-state index contributed by atoms with van der Waals surface area (Å²) in [5.74, 6) is -1.22. The van der Waals surface area contributed by atoms with Gasteiger partial charge in [0.2, 0.25) is 12.2 Å². The van der Waals surface area contributed by atoms with E-state index in [1.54, 1.807) is 0 Å². The van der Waals surface area contributed by atoms with Crippen LogP contribution >= 0.6 is 0 Å². The Kier molecular flexibility index (Phi) is 5.88. The van der Waals surface area contributed by atoms with Crippen LogP contribution in [0.2, 0.25) is 0 Å². The zero-order valence-corrected chi connectivity index (χ0v) is 13.6. The van der Waals surface area contributed by atoms with E-state index in [4.69, 9.17) is 14.2 Å². The molecule has 1 fully saturated rings. The second kappa shape index (κ2) is 7.90. The number of aliphatic hydroxyl groups is 1. The van der Waals surface area contributed by atoms with Gasteiger partial charge >= 0.3 is 11.7 Å². The number of nitro benzene ring substituents is 1. The second-order valence-corrected chi connectivity index (χ2v) is 5.41. The van der Waals surface area contributed by atoms with Gasteiger partial charge in [0.1, 0.15) is 12.1 Å². The van der Waals surface area contributed by atoms with Gasteiger partial charge in [0.15, 0.2) is 11.9 Å². The highest BCUT2D eigenvalue weighted by Gasteiger charge is 2.44. The third kappa shape index (κ3) is 4.64. The van der Waals surface area contributed by atoms with E-state index >= 15 is 0 Å². The number of carbonyl (C=O) groups excluding carboxylic acids is 2. The Morgan fingerprint density at radius 1 is 1.36 bits per heavy atom. The summed E-state index contributed by atoms with van der Waals surface area (Å²) in [4.78, 5) is 33.2. The number of esters is 1. The monoisotopic (exact) mass is 354 g/mol. The van der Waals surface area contributed by atoms with Gasteiger partial charge in [0.25, 0.3) is 0 Å². The van der Waals surface area contributed by atoms with Gasteiger partial charge in [-0.3, -0.25) is 19.7 Å². The van der Waals surface area contributed by atoms with Gasteiger partial charge in [-0.25, -0.2) is 0 Å². The average molecular weight is 354 g/mol. The van der Waals surface area contributed by atoms with Gasteiger partial charge in [-0.15, -0.1) is 0 Å². The molecule has 136 valence electrons. The largest absolute Gasteiger partial charge is 0.457 e. The number of aliphatic hydroxyl groups excluding tert-OH is 1. The lowest BCUT2D eigenvalue weighted by Crippen LogP contribution is -2.63. The van der Waals surface area contributed by atoms with Gasteiger partial charge in [-0.2, -0.15) is 0 Å². The number of carbonyl (C=O) groups is 2. The van der Waals surface area contributed by atoms with Crippen molar-refractivity contribution in [1.82, 2.24) is 5.32 Å². The lowest BCUT2D eigenvalue weighted by atomic mass is 10.0. The number of nitrogens with zero attached hydrogens (tertiary/aromatic N) is 1. The van der Waals surface area contributed by atoms with Gasteiger partial charge < -0.3 is 24.6 Å². The number of ether oxygens (including phenoxy) is 3. The SMILES string of the molecule is CC(=O)NC1C(Oc2ccccc2[N+](=O)[O-])OCC(O)C1OC(C)=O. The first-order chi connectivity index (χ1) is 11.8. The second-order valence-electron chi connectivity index (χ2n) is 5.41. The van der Waals surface area contributed by atoms with Gasteiger partial charge in [0.05, 0.1) is 11.5 Å². The van der Waals surface area contributed by atoms with E-state index in [0.717, 1.165) is 6.92 Å². The molecule has 25 heavy (non-hydrogen) atoms. The molecule has 1 aliphatic rings. The number of para-hydroxylation sites is 2. The third-order valence-electron chi connectivity index (χ3n) is 3.43. The lowest BCUT2D eigenvalue weighted by Gasteiger charge is -2.39. The number of benzene rings is 1. The number of nitrogens with one attached hydrogen (secondary N) is 1. The van der Waals surface area contributed by atoms with Crippen LogP contribution in [-0.4, -0.2) is 53.1 Å². The van der Waals surface area contributed by atoms with Crippen molar-refractivity contribution in [3.05, 3.63) is 34.4 Å². The summed E-state index contributed by atoms with van der Waals surface area (Å²) in [5, 5.41) is 23.6. The van der Waals surface area contributed by atoms with Crippen LogP contribution in [0.25, 0.3) is 0 Å². The minimum Gasteiger partial charge on any atom is -0.457 e. The normalized spacial score (nSPS) is 25.7. The molecule has 1 aromatic carbocycles. The van der Waals surface area contributed by atoms with Crippen molar-refractivity contribution in [2.45, 2.75) is 38.4 Å². The van der Waals surface area contributed by atoms with Crippen LogP contribution in [-0.2, 0) is 19.1 Å². The molecule has 0 aromatic heterocycles. The molecule has 0 bridgehead atoms. The van der Waals surface area contributed by atoms with Crippen LogP contribution in [0.4, 0.5) is 5.69 Å². The Bertz CT molecular complexity index is 665. The maximum absolute atomic E-state index is 11.5. The van der Waals surface area contributed by atoms with Crippen LogP contribution in [0, 0.1) is 10.1 Å². The van der Waals surface area contributed by atoms with E-state index < -0.39 is 41.3 Å². The Hall–Kier alpha value is -2.72. The zero-order chi connectivity index (χ0) is 18.6.